The van der Waals surface area contributed by atoms with Crippen molar-refractivity contribution in [3.63, 3.8) is 0 Å². The Hall–Kier alpha value is -2.25. The van der Waals surface area contributed by atoms with E-state index in [4.69, 9.17) is 4.52 Å². The van der Waals surface area contributed by atoms with Crippen LogP contribution in [0.1, 0.15) is 21.9 Å². The minimum Gasteiger partial charge on any atom is -0.338 e. The van der Waals surface area contributed by atoms with Crippen LogP contribution in [-0.2, 0) is 0 Å². The van der Waals surface area contributed by atoms with Crippen molar-refractivity contribution in [1.29, 1.82) is 0 Å². The summed E-state index contributed by atoms with van der Waals surface area (Å²) < 4.78 is 4.90. The molecule has 2 aromatic heterocycles. The molecule has 8 heteroatoms. The molecule has 0 spiro atoms. The highest BCUT2D eigenvalue weighted by Gasteiger charge is 2.15. The van der Waals surface area contributed by atoms with E-state index in [0.717, 1.165) is 11.3 Å². The molecule has 0 fully saturated rings. The highest BCUT2D eigenvalue weighted by Crippen LogP contribution is 2.17. The van der Waals surface area contributed by atoms with E-state index >= 15 is 0 Å². The number of aryl methyl sites for hydroxylation is 1. The molecule has 78 valence electrons. The lowest BCUT2D eigenvalue weighted by atomic mass is 10.3. The number of hydrogen-bond donors (Lipinski definition) is 2. The van der Waals surface area contributed by atoms with Crippen LogP contribution in [0.4, 0.5) is 5.88 Å². The zero-order valence-electron chi connectivity index (χ0n) is 8.11. The maximum absolute atomic E-state index is 11.5. The number of amides is 1. The first-order valence-electron chi connectivity index (χ1n) is 4.16. The Labute approximate surface area is 84.0 Å². The molecule has 8 nitrogen and oxygen atoms in total. The summed E-state index contributed by atoms with van der Waals surface area (Å²) in [5.74, 6) is -0.256. The van der Waals surface area contributed by atoms with Crippen molar-refractivity contribution in [2.45, 2.75) is 13.8 Å². The Bertz CT molecular complexity index is 474. The fourth-order valence-electron chi connectivity index (χ4n) is 0.949. The van der Waals surface area contributed by atoms with Crippen molar-refractivity contribution in [2.24, 2.45) is 0 Å². The molecule has 0 bridgehead atoms. The molecular formula is C7H8N6O2. The molecule has 2 aromatic rings. The van der Waals surface area contributed by atoms with Gasteiger partial charge < -0.3 is 4.52 Å². The summed E-state index contributed by atoms with van der Waals surface area (Å²) in [6.07, 6.45) is 0. The monoisotopic (exact) mass is 208 g/mol. The van der Waals surface area contributed by atoms with Crippen LogP contribution in [0, 0.1) is 13.8 Å². The number of carbonyl (C=O) groups excluding carboxylic acids is 1. The summed E-state index contributed by atoms with van der Waals surface area (Å²) in [4.78, 5) is 11.5. The first-order chi connectivity index (χ1) is 7.18. The number of aromatic amines is 1. The molecule has 0 unspecified atom stereocenters. The molecule has 2 heterocycles. The predicted molar refractivity (Wildman–Crippen MR) is 48.1 cm³/mol. The van der Waals surface area contributed by atoms with Gasteiger partial charge in [0.25, 0.3) is 11.7 Å². The number of nitrogens with one attached hydrogen (secondary N) is 2. The number of tetrazole rings is 1. The molecule has 1 amide bonds. The maximum atomic E-state index is 11.5. The van der Waals surface area contributed by atoms with Gasteiger partial charge in [-0.25, -0.2) is 0 Å². The number of rotatable bonds is 2. The lowest BCUT2D eigenvalue weighted by Crippen LogP contribution is -2.14. The van der Waals surface area contributed by atoms with E-state index in [1.54, 1.807) is 13.8 Å². The Morgan fingerprint density at radius 1 is 1.47 bits per heavy atom. The number of aromatic nitrogens is 5. The van der Waals surface area contributed by atoms with E-state index in [1.807, 2.05) is 0 Å². The highest BCUT2D eigenvalue weighted by atomic mass is 16.5. The van der Waals surface area contributed by atoms with E-state index in [2.05, 4.69) is 31.1 Å². The van der Waals surface area contributed by atoms with Gasteiger partial charge in [0, 0.05) is 5.56 Å². The van der Waals surface area contributed by atoms with Crippen LogP contribution < -0.4 is 5.32 Å². The summed E-state index contributed by atoms with van der Waals surface area (Å²) in [5, 5.41) is 18.7. The van der Waals surface area contributed by atoms with Crippen LogP contribution in [0.5, 0.6) is 0 Å². The van der Waals surface area contributed by atoms with Crippen LogP contribution in [0.3, 0.4) is 0 Å². The Kier molecular flexibility index (Phi) is 2.16. The standard InChI is InChI=1S/C7H8N6O2/c1-3-4(2)11-15-7(3)8-6(14)5-9-12-13-10-5/h1-2H3,(H,8,14)(H,9,10,12,13). The molecule has 0 aliphatic rings. The lowest BCUT2D eigenvalue weighted by molar-refractivity contribution is 0.101. The van der Waals surface area contributed by atoms with E-state index in [9.17, 15) is 4.79 Å². The summed E-state index contributed by atoms with van der Waals surface area (Å²) in [5.41, 5.74) is 1.49. The third-order valence-corrected chi connectivity index (χ3v) is 1.93. The molecule has 2 N–H and O–H groups in total. The maximum Gasteiger partial charge on any atom is 0.299 e. The largest absolute Gasteiger partial charge is 0.338 e. The van der Waals surface area contributed by atoms with Gasteiger partial charge in [-0.15, -0.1) is 10.2 Å². The minimum atomic E-state index is -0.497. The summed E-state index contributed by atoms with van der Waals surface area (Å²) in [6.45, 7) is 3.57. The van der Waals surface area contributed by atoms with Gasteiger partial charge in [-0.3, -0.25) is 10.1 Å². The van der Waals surface area contributed by atoms with Crippen LogP contribution >= 0.6 is 0 Å². The van der Waals surface area contributed by atoms with E-state index < -0.39 is 5.91 Å². The van der Waals surface area contributed by atoms with Gasteiger partial charge in [-0.1, -0.05) is 5.16 Å². The number of hydrogen-bond acceptors (Lipinski definition) is 6. The smallest absolute Gasteiger partial charge is 0.299 e. The van der Waals surface area contributed by atoms with Crippen LogP contribution in [-0.4, -0.2) is 31.7 Å². The van der Waals surface area contributed by atoms with Crippen molar-refractivity contribution in [3.8, 4) is 0 Å². The predicted octanol–water partition coefficient (Wildman–Crippen LogP) is 0.0568. The van der Waals surface area contributed by atoms with Gasteiger partial charge in [0.1, 0.15) is 0 Å². The van der Waals surface area contributed by atoms with Gasteiger partial charge in [0.2, 0.25) is 5.88 Å². The highest BCUT2D eigenvalue weighted by molar-refractivity contribution is 6.00. The van der Waals surface area contributed by atoms with E-state index in [1.165, 1.54) is 0 Å². The Morgan fingerprint density at radius 2 is 2.27 bits per heavy atom. The van der Waals surface area contributed by atoms with Gasteiger partial charge in [0.15, 0.2) is 0 Å². The summed E-state index contributed by atoms with van der Waals surface area (Å²) in [7, 11) is 0. The van der Waals surface area contributed by atoms with Crippen molar-refractivity contribution in [2.75, 3.05) is 5.32 Å². The first kappa shape index (κ1) is 9.31. The third-order valence-electron chi connectivity index (χ3n) is 1.93. The number of anilines is 1. The second-order valence-corrected chi connectivity index (χ2v) is 2.91. The van der Waals surface area contributed by atoms with Crippen LogP contribution in [0.2, 0.25) is 0 Å². The average Bonchev–Trinajstić information content (AvgIpc) is 2.83. The molecule has 0 aliphatic heterocycles. The fourth-order valence-corrected chi connectivity index (χ4v) is 0.949. The molecule has 0 aliphatic carbocycles. The van der Waals surface area contributed by atoms with E-state index in [-0.39, 0.29) is 5.82 Å². The van der Waals surface area contributed by atoms with Gasteiger partial charge in [0.05, 0.1) is 5.69 Å². The van der Waals surface area contributed by atoms with Crippen molar-refractivity contribution in [3.05, 3.63) is 17.1 Å². The van der Waals surface area contributed by atoms with E-state index in [0.29, 0.717) is 5.88 Å². The third kappa shape index (κ3) is 1.68. The molecule has 15 heavy (non-hydrogen) atoms. The minimum absolute atomic E-state index is 0.0524. The van der Waals surface area contributed by atoms with Gasteiger partial charge >= 0.3 is 0 Å². The average molecular weight is 208 g/mol. The van der Waals surface area contributed by atoms with Crippen molar-refractivity contribution >= 4 is 11.8 Å². The van der Waals surface area contributed by atoms with Crippen molar-refractivity contribution < 1.29 is 9.32 Å². The van der Waals surface area contributed by atoms with Gasteiger partial charge in [-0.05, 0) is 19.1 Å². The fraction of sp³-hybridized carbons (Fsp3) is 0.286. The second kappa shape index (κ2) is 3.48. The summed E-state index contributed by atoms with van der Waals surface area (Å²) >= 11 is 0. The quantitative estimate of drug-likeness (QED) is 0.721. The number of nitrogens with zero attached hydrogens (tertiary/aromatic N) is 4. The van der Waals surface area contributed by atoms with Crippen LogP contribution in [0.25, 0.3) is 0 Å². The normalized spacial score (nSPS) is 10.3. The Morgan fingerprint density at radius 3 is 2.80 bits per heavy atom. The lowest BCUT2D eigenvalue weighted by Gasteiger charge is -1.96. The zero-order chi connectivity index (χ0) is 10.8. The van der Waals surface area contributed by atoms with Crippen molar-refractivity contribution in [1.82, 2.24) is 25.8 Å². The summed E-state index contributed by atoms with van der Waals surface area (Å²) in [6, 6.07) is 0. The number of H-pyrrole nitrogens is 1. The molecule has 0 radical (unpaired) electrons. The zero-order valence-corrected chi connectivity index (χ0v) is 8.11. The molecule has 2 rings (SSSR count). The Balaban J connectivity index is 2.16. The molecule has 0 atom stereocenters. The molecule has 0 saturated heterocycles. The van der Waals surface area contributed by atoms with Crippen LogP contribution in [0.15, 0.2) is 4.52 Å². The molecule has 0 aromatic carbocycles. The number of carbonyl (C=O) groups is 1. The SMILES string of the molecule is Cc1noc(NC(=O)c2nn[nH]n2)c1C. The second-order valence-electron chi connectivity index (χ2n) is 2.91. The first-order valence-corrected chi connectivity index (χ1v) is 4.16. The molecule has 0 saturated carbocycles. The van der Waals surface area contributed by atoms with Gasteiger partial charge in [-0.2, -0.15) is 5.21 Å². The molecular weight excluding hydrogens is 200 g/mol. The topological polar surface area (TPSA) is 110 Å².